The van der Waals surface area contributed by atoms with Gasteiger partial charge in [0.05, 0.1) is 16.5 Å². The summed E-state index contributed by atoms with van der Waals surface area (Å²) in [7, 11) is -3.74. The van der Waals surface area contributed by atoms with Crippen molar-refractivity contribution in [3.8, 4) is 6.07 Å². The van der Waals surface area contributed by atoms with Crippen LogP contribution in [-0.4, -0.2) is 20.9 Å². The Kier molecular flexibility index (Phi) is 6.72. The molecule has 0 unspecified atom stereocenters. The molecule has 9 heteroatoms. The first-order chi connectivity index (χ1) is 11.8. The zero-order valence-electron chi connectivity index (χ0n) is 12.8. The summed E-state index contributed by atoms with van der Waals surface area (Å²) in [5.74, 6) is -0.355. The van der Waals surface area contributed by atoms with E-state index in [0.717, 1.165) is 0 Å². The highest BCUT2D eigenvalue weighted by molar-refractivity contribution is 9.11. The molecule has 0 saturated heterocycles. The van der Waals surface area contributed by atoms with Crippen molar-refractivity contribution < 1.29 is 13.2 Å². The Morgan fingerprint density at radius 2 is 1.92 bits per heavy atom. The molecule has 130 valence electrons. The van der Waals surface area contributed by atoms with Crippen LogP contribution < -0.4 is 10.0 Å². The fourth-order valence-corrected chi connectivity index (χ4v) is 4.48. The number of nitrogens with zero attached hydrogens (tertiary/aromatic N) is 1. The summed E-state index contributed by atoms with van der Waals surface area (Å²) in [6, 6.07) is 13.3. The van der Waals surface area contributed by atoms with Crippen molar-refractivity contribution in [2.24, 2.45) is 0 Å². The van der Waals surface area contributed by atoms with Gasteiger partial charge in [-0.25, -0.2) is 13.1 Å². The molecule has 2 N–H and O–H groups in total. The zero-order valence-corrected chi connectivity index (χ0v) is 16.8. The average molecular weight is 487 g/mol. The van der Waals surface area contributed by atoms with Gasteiger partial charge in [0, 0.05) is 27.6 Å². The molecule has 2 rings (SSSR count). The Bertz CT molecular complexity index is 940. The van der Waals surface area contributed by atoms with E-state index in [1.807, 2.05) is 6.07 Å². The summed E-state index contributed by atoms with van der Waals surface area (Å²) in [6.45, 7) is -0.0505. The Balaban J connectivity index is 1.94. The minimum Gasteiger partial charge on any atom is -0.326 e. The smallest absolute Gasteiger partial charge is 0.241 e. The Hall–Kier alpha value is -1.73. The first-order valence-electron chi connectivity index (χ1n) is 7.06. The molecule has 2 aromatic rings. The van der Waals surface area contributed by atoms with Gasteiger partial charge in [0.25, 0.3) is 0 Å². The van der Waals surface area contributed by atoms with Crippen LogP contribution in [0.3, 0.4) is 0 Å². The van der Waals surface area contributed by atoms with Gasteiger partial charge in [-0.2, -0.15) is 5.26 Å². The number of halogens is 2. The number of carbonyl (C=O) groups excluding carboxylic acids is 1. The van der Waals surface area contributed by atoms with E-state index in [2.05, 4.69) is 41.9 Å². The van der Waals surface area contributed by atoms with Crippen LogP contribution in [0.4, 0.5) is 5.69 Å². The molecule has 2 aromatic carbocycles. The number of hydrogen-bond donors (Lipinski definition) is 2. The summed E-state index contributed by atoms with van der Waals surface area (Å²) in [4.78, 5) is 12.0. The van der Waals surface area contributed by atoms with Crippen molar-refractivity contribution in [2.75, 3.05) is 11.9 Å². The van der Waals surface area contributed by atoms with E-state index >= 15 is 0 Å². The van der Waals surface area contributed by atoms with Crippen molar-refractivity contribution in [3.63, 3.8) is 0 Å². The number of rotatable bonds is 6. The standard InChI is InChI=1S/C16H13Br2N3O3S/c17-12-4-5-14(18)15(9-12)25(23,24)20-7-6-16(22)21-13-3-1-2-11(8-13)10-19/h1-5,8-9,20H,6-7H2,(H,21,22). The van der Waals surface area contributed by atoms with Gasteiger partial charge >= 0.3 is 0 Å². The lowest BCUT2D eigenvalue weighted by atomic mass is 10.2. The largest absolute Gasteiger partial charge is 0.326 e. The van der Waals surface area contributed by atoms with Crippen LogP contribution in [0.1, 0.15) is 12.0 Å². The van der Waals surface area contributed by atoms with Gasteiger partial charge in [0.1, 0.15) is 0 Å². The molecule has 0 radical (unpaired) electrons. The number of anilines is 1. The molecule has 0 aliphatic rings. The Morgan fingerprint density at radius 3 is 2.64 bits per heavy atom. The summed E-state index contributed by atoms with van der Waals surface area (Å²) < 4.78 is 28.1. The number of amides is 1. The molecule has 0 aromatic heterocycles. The van der Waals surface area contributed by atoms with Crippen LogP contribution in [0.15, 0.2) is 56.3 Å². The SMILES string of the molecule is N#Cc1cccc(NC(=O)CCNS(=O)(=O)c2cc(Br)ccc2Br)c1. The van der Waals surface area contributed by atoms with Crippen LogP contribution in [0.2, 0.25) is 0 Å². The van der Waals surface area contributed by atoms with Crippen LogP contribution in [0.25, 0.3) is 0 Å². The van der Waals surface area contributed by atoms with E-state index < -0.39 is 10.0 Å². The van der Waals surface area contributed by atoms with Crippen molar-refractivity contribution in [1.29, 1.82) is 5.26 Å². The number of nitriles is 1. The second-order valence-electron chi connectivity index (χ2n) is 4.96. The van der Waals surface area contributed by atoms with E-state index in [1.165, 1.54) is 6.07 Å². The van der Waals surface area contributed by atoms with Gasteiger partial charge in [-0.1, -0.05) is 22.0 Å². The van der Waals surface area contributed by atoms with Crippen LogP contribution in [-0.2, 0) is 14.8 Å². The second-order valence-corrected chi connectivity index (χ2v) is 8.47. The lowest BCUT2D eigenvalue weighted by Gasteiger charge is -2.09. The van der Waals surface area contributed by atoms with Crippen LogP contribution in [0.5, 0.6) is 0 Å². The molecular formula is C16H13Br2N3O3S. The highest BCUT2D eigenvalue weighted by Crippen LogP contribution is 2.25. The van der Waals surface area contributed by atoms with Gasteiger partial charge in [0.2, 0.25) is 15.9 Å². The molecule has 0 aliphatic carbocycles. The lowest BCUT2D eigenvalue weighted by molar-refractivity contribution is -0.116. The molecule has 25 heavy (non-hydrogen) atoms. The summed E-state index contributed by atoms with van der Waals surface area (Å²) in [5.41, 5.74) is 0.916. The molecule has 1 amide bonds. The third kappa shape index (κ3) is 5.64. The van der Waals surface area contributed by atoms with Crippen molar-refractivity contribution in [3.05, 3.63) is 57.0 Å². The molecule has 0 atom stereocenters. The monoisotopic (exact) mass is 485 g/mol. The third-order valence-corrected chi connectivity index (χ3v) is 6.05. The Morgan fingerprint density at radius 1 is 1.16 bits per heavy atom. The second kappa shape index (κ2) is 8.58. The van der Waals surface area contributed by atoms with Crippen molar-refractivity contribution in [2.45, 2.75) is 11.3 Å². The average Bonchev–Trinajstić information content (AvgIpc) is 2.57. The number of carbonyl (C=O) groups is 1. The molecule has 0 fully saturated rings. The molecular weight excluding hydrogens is 474 g/mol. The molecule has 0 heterocycles. The van der Waals surface area contributed by atoms with E-state index in [1.54, 1.807) is 36.4 Å². The summed E-state index contributed by atoms with van der Waals surface area (Å²) in [5, 5.41) is 11.5. The lowest BCUT2D eigenvalue weighted by Crippen LogP contribution is -2.28. The maximum atomic E-state index is 12.3. The fourth-order valence-electron chi connectivity index (χ4n) is 1.95. The number of sulfonamides is 1. The molecule has 0 aliphatic heterocycles. The van der Waals surface area contributed by atoms with E-state index in [0.29, 0.717) is 20.2 Å². The minimum absolute atomic E-state index is 0.0400. The third-order valence-electron chi connectivity index (χ3n) is 3.10. The predicted molar refractivity (Wildman–Crippen MR) is 101 cm³/mol. The number of benzene rings is 2. The molecule has 0 spiro atoms. The van der Waals surface area contributed by atoms with Gasteiger partial charge < -0.3 is 5.32 Å². The fraction of sp³-hybridized carbons (Fsp3) is 0.125. The predicted octanol–water partition coefficient (Wildman–Crippen LogP) is 3.39. The Labute approximate surface area is 162 Å². The maximum Gasteiger partial charge on any atom is 0.241 e. The maximum absolute atomic E-state index is 12.3. The normalized spacial score (nSPS) is 10.9. The van der Waals surface area contributed by atoms with E-state index in [9.17, 15) is 13.2 Å². The first kappa shape index (κ1) is 19.6. The quantitative estimate of drug-likeness (QED) is 0.653. The van der Waals surface area contributed by atoms with E-state index in [4.69, 9.17) is 5.26 Å². The molecule has 6 nitrogen and oxygen atoms in total. The van der Waals surface area contributed by atoms with Crippen LogP contribution >= 0.6 is 31.9 Å². The van der Waals surface area contributed by atoms with Gasteiger partial charge in [0.15, 0.2) is 0 Å². The van der Waals surface area contributed by atoms with Gasteiger partial charge in [-0.05, 0) is 52.3 Å². The van der Waals surface area contributed by atoms with Gasteiger partial charge in [-0.3, -0.25) is 4.79 Å². The minimum atomic E-state index is -3.74. The highest BCUT2D eigenvalue weighted by atomic mass is 79.9. The highest BCUT2D eigenvalue weighted by Gasteiger charge is 2.18. The van der Waals surface area contributed by atoms with Crippen molar-refractivity contribution >= 4 is 53.5 Å². The van der Waals surface area contributed by atoms with Crippen molar-refractivity contribution in [1.82, 2.24) is 4.72 Å². The van der Waals surface area contributed by atoms with Gasteiger partial charge in [-0.15, -0.1) is 0 Å². The number of hydrogen-bond acceptors (Lipinski definition) is 4. The zero-order chi connectivity index (χ0) is 18.4. The number of nitrogens with one attached hydrogen (secondary N) is 2. The first-order valence-corrected chi connectivity index (χ1v) is 10.1. The van der Waals surface area contributed by atoms with E-state index in [-0.39, 0.29) is 23.8 Å². The molecule has 0 saturated carbocycles. The molecule has 0 bridgehead atoms. The topological polar surface area (TPSA) is 99.1 Å². The van der Waals surface area contributed by atoms with Crippen LogP contribution in [0, 0.1) is 11.3 Å². The summed E-state index contributed by atoms with van der Waals surface area (Å²) >= 11 is 6.43. The summed E-state index contributed by atoms with van der Waals surface area (Å²) in [6.07, 6.45) is -0.0400.